The third kappa shape index (κ3) is 5.11. The lowest BCUT2D eigenvalue weighted by Gasteiger charge is -2.24. The molecule has 1 fully saturated rings. The van der Waals surface area contributed by atoms with Gasteiger partial charge in [-0.1, -0.05) is 23.2 Å². The molecule has 0 bridgehead atoms. The fourth-order valence-corrected chi connectivity index (χ4v) is 2.50. The van der Waals surface area contributed by atoms with Gasteiger partial charge in [-0.2, -0.15) is 0 Å². The van der Waals surface area contributed by atoms with Crippen molar-refractivity contribution in [3.63, 3.8) is 0 Å². The molecule has 1 aliphatic rings. The zero-order chi connectivity index (χ0) is 14.4. The van der Waals surface area contributed by atoms with Crippen LogP contribution in [0.2, 0.25) is 10.0 Å². The Bertz CT molecular complexity index is 425. The number of aliphatic hydroxyl groups is 1. The summed E-state index contributed by atoms with van der Waals surface area (Å²) in [4.78, 5) is 0. The van der Waals surface area contributed by atoms with Crippen molar-refractivity contribution in [3.8, 4) is 5.75 Å². The number of halogens is 2. The van der Waals surface area contributed by atoms with E-state index in [1.807, 2.05) is 0 Å². The van der Waals surface area contributed by atoms with Crippen molar-refractivity contribution in [2.45, 2.75) is 25.0 Å². The van der Waals surface area contributed by atoms with Crippen LogP contribution in [0, 0.1) is 0 Å². The molecule has 0 amide bonds. The van der Waals surface area contributed by atoms with Gasteiger partial charge in [0.1, 0.15) is 18.5 Å². The lowest BCUT2D eigenvalue weighted by atomic mass is 10.1. The first-order valence-electron chi connectivity index (χ1n) is 6.72. The van der Waals surface area contributed by atoms with Crippen molar-refractivity contribution < 1.29 is 14.6 Å². The maximum atomic E-state index is 9.89. The number of nitrogens with one attached hydrogen (secondary N) is 1. The van der Waals surface area contributed by atoms with Crippen LogP contribution < -0.4 is 10.1 Å². The maximum Gasteiger partial charge on any atom is 0.138 e. The molecule has 2 atom stereocenters. The van der Waals surface area contributed by atoms with Gasteiger partial charge >= 0.3 is 0 Å². The molecule has 2 N–H and O–H groups in total. The van der Waals surface area contributed by atoms with Gasteiger partial charge < -0.3 is 19.9 Å². The highest BCUT2D eigenvalue weighted by Gasteiger charge is 2.15. The number of hydrogen-bond acceptors (Lipinski definition) is 4. The van der Waals surface area contributed by atoms with Crippen molar-refractivity contribution in [1.29, 1.82) is 0 Å². The summed E-state index contributed by atoms with van der Waals surface area (Å²) >= 11 is 11.8. The summed E-state index contributed by atoms with van der Waals surface area (Å²) in [5.41, 5.74) is 0. The summed E-state index contributed by atoms with van der Waals surface area (Å²) in [6.07, 6.45) is 1.55. The second-order valence-corrected chi connectivity index (χ2v) is 5.71. The molecule has 0 aromatic heterocycles. The van der Waals surface area contributed by atoms with Crippen LogP contribution in [0.3, 0.4) is 0 Å². The van der Waals surface area contributed by atoms with Crippen molar-refractivity contribution in [3.05, 3.63) is 28.2 Å². The smallest absolute Gasteiger partial charge is 0.138 e. The first-order valence-corrected chi connectivity index (χ1v) is 7.48. The van der Waals surface area contributed by atoms with Gasteiger partial charge in [0, 0.05) is 24.2 Å². The van der Waals surface area contributed by atoms with Crippen LogP contribution in [0.5, 0.6) is 5.75 Å². The zero-order valence-corrected chi connectivity index (χ0v) is 12.7. The molecule has 2 rings (SSSR count). The van der Waals surface area contributed by atoms with E-state index in [4.69, 9.17) is 32.7 Å². The minimum absolute atomic E-state index is 0.182. The Hall–Kier alpha value is -0.520. The molecule has 0 aliphatic carbocycles. The molecule has 1 aromatic rings. The lowest BCUT2D eigenvalue weighted by Crippen LogP contribution is -2.42. The molecule has 1 aliphatic heterocycles. The molecule has 1 aromatic carbocycles. The van der Waals surface area contributed by atoms with Gasteiger partial charge in [-0.05, 0) is 31.0 Å². The molecule has 1 saturated heterocycles. The van der Waals surface area contributed by atoms with Crippen LogP contribution in [0.1, 0.15) is 12.8 Å². The average molecular weight is 320 g/mol. The number of hydrogen-bond donors (Lipinski definition) is 2. The van der Waals surface area contributed by atoms with Crippen molar-refractivity contribution >= 4 is 23.2 Å². The molecular weight excluding hydrogens is 301 g/mol. The molecule has 0 spiro atoms. The molecule has 0 saturated carbocycles. The minimum Gasteiger partial charge on any atom is -0.489 e. The number of ether oxygens (including phenoxy) is 2. The number of aliphatic hydroxyl groups excluding tert-OH is 1. The van der Waals surface area contributed by atoms with Crippen LogP contribution in [-0.4, -0.2) is 43.6 Å². The van der Waals surface area contributed by atoms with Gasteiger partial charge in [-0.15, -0.1) is 0 Å². The molecule has 0 radical (unpaired) electrons. The van der Waals surface area contributed by atoms with Gasteiger partial charge in [0.05, 0.1) is 11.6 Å². The van der Waals surface area contributed by atoms with Gasteiger partial charge in [-0.3, -0.25) is 0 Å². The molecular formula is C14H19Cl2NO3. The van der Waals surface area contributed by atoms with E-state index in [1.54, 1.807) is 18.2 Å². The van der Waals surface area contributed by atoms with E-state index in [0.717, 1.165) is 19.4 Å². The predicted octanol–water partition coefficient (Wildman–Crippen LogP) is 2.50. The summed E-state index contributed by atoms with van der Waals surface area (Å²) in [7, 11) is 0. The maximum absolute atomic E-state index is 9.89. The highest BCUT2D eigenvalue weighted by atomic mass is 35.5. The summed E-state index contributed by atoms with van der Waals surface area (Å²) < 4.78 is 10.8. The topological polar surface area (TPSA) is 50.7 Å². The third-order valence-electron chi connectivity index (χ3n) is 3.13. The Morgan fingerprint density at radius 3 is 3.00 bits per heavy atom. The van der Waals surface area contributed by atoms with Crippen LogP contribution in [0.4, 0.5) is 0 Å². The van der Waals surface area contributed by atoms with Crippen LogP contribution in [0.25, 0.3) is 0 Å². The van der Waals surface area contributed by atoms with Gasteiger partial charge in [0.2, 0.25) is 0 Å². The molecule has 6 heteroatoms. The van der Waals surface area contributed by atoms with E-state index in [0.29, 0.717) is 35.0 Å². The molecule has 2 unspecified atom stereocenters. The van der Waals surface area contributed by atoms with E-state index in [9.17, 15) is 5.11 Å². The van der Waals surface area contributed by atoms with E-state index in [1.165, 1.54) is 0 Å². The van der Waals surface area contributed by atoms with E-state index in [2.05, 4.69) is 5.32 Å². The molecule has 20 heavy (non-hydrogen) atoms. The molecule has 1 heterocycles. The Labute approximate surface area is 129 Å². The van der Waals surface area contributed by atoms with Crippen molar-refractivity contribution in [2.75, 3.05) is 26.4 Å². The monoisotopic (exact) mass is 319 g/mol. The average Bonchev–Trinajstić information content (AvgIpc) is 2.45. The van der Waals surface area contributed by atoms with Gasteiger partial charge in [-0.25, -0.2) is 0 Å². The quantitative estimate of drug-likeness (QED) is 0.846. The highest BCUT2D eigenvalue weighted by molar-refractivity contribution is 6.35. The predicted molar refractivity (Wildman–Crippen MR) is 79.8 cm³/mol. The Kier molecular flexibility index (Phi) is 6.39. The summed E-state index contributed by atoms with van der Waals surface area (Å²) in [5, 5.41) is 14.2. The fourth-order valence-electron chi connectivity index (χ4n) is 2.04. The fraction of sp³-hybridized carbons (Fsp3) is 0.571. The highest BCUT2D eigenvalue weighted by Crippen LogP contribution is 2.27. The normalized spacial score (nSPS) is 20.6. The second-order valence-electron chi connectivity index (χ2n) is 4.86. The number of rotatable bonds is 6. The van der Waals surface area contributed by atoms with E-state index < -0.39 is 6.10 Å². The van der Waals surface area contributed by atoms with E-state index in [-0.39, 0.29) is 6.61 Å². The van der Waals surface area contributed by atoms with E-state index >= 15 is 0 Å². The largest absolute Gasteiger partial charge is 0.489 e. The van der Waals surface area contributed by atoms with Crippen LogP contribution in [0.15, 0.2) is 18.2 Å². The summed E-state index contributed by atoms with van der Waals surface area (Å²) in [5.74, 6) is 0.524. The zero-order valence-electron chi connectivity index (χ0n) is 11.1. The lowest BCUT2D eigenvalue weighted by molar-refractivity contribution is 0.0572. The van der Waals surface area contributed by atoms with Gasteiger partial charge in [0.25, 0.3) is 0 Å². The van der Waals surface area contributed by atoms with Crippen molar-refractivity contribution in [2.24, 2.45) is 0 Å². The molecule has 4 nitrogen and oxygen atoms in total. The Morgan fingerprint density at radius 2 is 2.30 bits per heavy atom. The summed E-state index contributed by atoms with van der Waals surface area (Å²) in [6.45, 7) is 2.19. The Morgan fingerprint density at radius 1 is 1.45 bits per heavy atom. The first-order chi connectivity index (χ1) is 9.65. The Balaban J connectivity index is 1.70. The standard InChI is InChI=1S/C14H19Cl2NO3/c15-10-3-4-14(13(16)6-10)20-9-12(18)7-17-11-2-1-5-19-8-11/h3-4,6,11-12,17-18H,1-2,5,7-9H2. The third-order valence-corrected chi connectivity index (χ3v) is 3.66. The second kappa shape index (κ2) is 8.05. The van der Waals surface area contributed by atoms with Crippen LogP contribution in [-0.2, 0) is 4.74 Å². The summed E-state index contributed by atoms with van der Waals surface area (Å²) in [6, 6.07) is 5.33. The van der Waals surface area contributed by atoms with Crippen molar-refractivity contribution in [1.82, 2.24) is 5.32 Å². The molecule has 112 valence electrons. The van der Waals surface area contributed by atoms with Crippen LogP contribution >= 0.6 is 23.2 Å². The SMILES string of the molecule is OC(CNC1CCCOC1)COc1ccc(Cl)cc1Cl. The first kappa shape index (κ1) is 15.9. The minimum atomic E-state index is -0.594. The number of benzene rings is 1. The van der Waals surface area contributed by atoms with Gasteiger partial charge in [0.15, 0.2) is 0 Å².